The molecule has 2 aromatic carbocycles. The summed E-state index contributed by atoms with van der Waals surface area (Å²) in [5.74, 6) is -0.929. The molecule has 2 aliphatic rings. The van der Waals surface area contributed by atoms with E-state index in [1.807, 2.05) is 0 Å². The molecule has 4 rings (SSSR count). The lowest BCUT2D eigenvalue weighted by Crippen LogP contribution is -2.37. The van der Waals surface area contributed by atoms with Crippen molar-refractivity contribution < 1.29 is 23.9 Å². The summed E-state index contributed by atoms with van der Waals surface area (Å²) in [5.41, 5.74) is 3.42. The van der Waals surface area contributed by atoms with Crippen molar-refractivity contribution in [2.45, 2.75) is 38.1 Å². The molecule has 0 spiro atoms. The van der Waals surface area contributed by atoms with Gasteiger partial charge in [-0.2, -0.15) is 5.10 Å². The van der Waals surface area contributed by atoms with E-state index < -0.39 is 11.8 Å². The molecule has 0 bridgehead atoms. The first-order valence-corrected chi connectivity index (χ1v) is 10.5. The van der Waals surface area contributed by atoms with Gasteiger partial charge in [0.05, 0.1) is 17.5 Å². The van der Waals surface area contributed by atoms with Gasteiger partial charge in [0.25, 0.3) is 5.91 Å². The molecule has 0 atom stereocenters. The summed E-state index contributed by atoms with van der Waals surface area (Å²) in [6.07, 6.45) is 6.66. The second-order valence-electron chi connectivity index (χ2n) is 7.62. The van der Waals surface area contributed by atoms with Crippen molar-refractivity contribution >= 4 is 29.6 Å². The number of hydrogen-bond acceptors (Lipinski definition) is 6. The number of anilines is 1. The van der Waals surface area contributed by atoms with Crippen LogP contribution in [0.25, 0.3) is 0 Å². The fraction of sp³-hybridized carbons (Fsp3) is 0.304. The third-order valence-electron chi connectivity index (χ3n) is 5.34. The van der Waals surface area contributed by atoms with Crippen molar-refractivity contribution in [2.24, 2.45) is 5.10 Å². The maximum absolute atomic E-state index is 12.7. The van der Waals surface area contributed by atoms with Gasteiger partial charge in [0.1, 0.15) is 0 Å². The summed E-state index contributed by atoms with van der Waals surface area (Å²) >= 11 is 0. The number of carbonyl (C=O) groups excluding carboxylic acids is 3. The number of hydrazone groups is 1. The van der Waals surface area contributed by atoms with E-state index in [1.54, 1.807) is 42.5 Å². The van der Waals surface area contributed by atoms with Crippen molar-refractivity contribution in [1.29, 1.82) is 0 Å². The molecule has 1 fully saturated rings. The number of fused-ring (bicyclic) bond motifs is 1. The van der Waals surface area contributed by atoms with Crippen LogP contribution in [0, 0.1) is 0 Å². The van der Waals surface area contributed by atoms with Gasteiger partial charge in [0.2, 0.25) is 6.79 Å². The minimum absolute atomic E-state index is 0.133. The highest BCUT2D eigenvalue weighted by Gasteiger charge is 2.21. The molecule has 0 unspecified atom stereocenters. The minimum atomic E-state index is -0.954. The molecular formula is C23H24N4O5. The van der Waals surface area contributed by atoms with Crippen molar-refractivity contribution in [1.82, 2.24) is 10.7 Å². The topological polar surface area (TPSA) is 118 Å². The summed E-state index contributed by atoms with van der Waals surface area (Å²) in [7, 11) is 0. The molecule has 9 heteroatoms. The molecule has 166 valence electrons. The Hall–Kier alpha value is -3.88. The second-order valence-corrected chi connectivity index (χ2v) is 7.62. The summed E-state index contributed by atoms with van der Waals surface area (Å²) in [4.78, 5) is 37.1. The van der Waals surface area contributed by atoms with E-state index >= 15 is 0 Å². The summed E-state index contributed by atoms with van der Waals surface area (Å²) < 4.78 is 10.5. The van der Waals surface area contributed by atoms with Gasteiger partial charge in [-0.25, -0.2) is 5.43 Å². The predicted octanol–water partition coefficient (Wildman–Crippen LogP) is 2.57. The Morgan fingerprint density at radius 2 is 1.72 bits per heavy atom. The molecule has 1 aliphatic carbocycles. The molecule has 32 heavy (non-hydrogen) atoms. The largest absolute Gasteiger partial charge is 0.454 e. The monoisotopic (exact) mass is 436 g/mol. The number of benzene rings is 2. The van der Waals surface area contributed by atoms with E-state index in [0.29, 0.717) is 22.6 Å². The molecule has 3 amide bonds. The quantitative estimate of drug-likeness (QED) is 0.378. The minimum Gasteiger partial charge on any atom is -0.454 e. The number of hydrogen-bond donors (Lipinski definition) is 3. The third-order valence-corrected chi connectivity index (χ3v) is 5.34. The molecule has 1 heterocycles. The number of carbonyl (C=O) groups is 3. The van der Waals surface area contributed by atoms with Crippen LogP contribution >= 0.6 is 0 Å². The standard InChI is InChI=1S/C23H24N4O5/c28-21(25-16-6-2-1-3-7-16)17-8-4-5-9-18(17)26-22(29)23(30)27-24-13-15-10-11-19-20(12-15)32-14-31-19/h4-5,8-13,16H,1-3,6-7,14H2,(H,25,28)(H,26,29)(H,27,30)/b24-13-. The average Bonchev–Trinajstić information content (AvgIpc) is 3.28. The molecule has 0 radical (unpaired) electrons. The molecule has 2 aromatic rings. The molecule has 3 N–H and O–H groups in total. The molecule has 1 saturated carbocycles. The van der Waals surface area contributed by atoms with Crippen LogP contribution in [0.5, 0.6) is 11.5 Å². The maximum Gasteiger partial charge on any atom is 0.329 e. The normalized spacial score (nSPS) is 15.4. The van der Waals surface area contributed by atoms with Crippen molar-refractivity contribution in [3.8, 4) is 11.5 Å². The van der Waals surface area contributed by atoms with Crippen LogP contribution in [0.4, 0.5) is 5.69 Å². The summed E-state index contributed by atoms with van der Waals surface area (Å²) in [5, 5.41) is 9.31. The predicted molar refractivity (Wildman–Crippen MR) is 118 cm³/mol. The van der Waals surface area contributed by atoms with Gasteiger partial charge >= 0.3 is 11.8 Å². The Morgan fingerprint density at radius 1 is 0.938 bits per heavy atom. The average molecular weight is 436 g/mol. The molecule has 9 nitrogen and oxygen atoms in total. The van der Waals surface area contributed by atoms with Gasteiger partial charge in [0, 0.05) is 6.04 Å². The van der Waals surface area contributed by atoms with E-state index in [-0.39, 0.29) is 24.4 Å². The van der Waals surface area contributed by atoms with E-state index in [4.69, 9.17) is 9.47 Å². The van der Waals surface area contributed by atoms with Gasteiger partial charge in [-0.05, 0) is 48.7 Å². The van der Waals surface area contributed by atoms with Crippen molar-refractivity contribution in [3.05, 3.63) is 53.6 Å². The van der Waals surface area contributed by atoms with Gasteiger partial charge in [0.15, 0.2) is 11.5 Å². The first-order valence-electron chi connectivity index (χ1n) is 10.5. The number of ether oxygens (including phenoxy) is 2. The smallest absolute Gasteiger partial charge is 0.329 e. The Labute approximate surface area is 185 Å². The van der Waals surface area contributed by atoms with Crippen molar-refractivity contribution in [2.75, 3.05) is 12.1 Å². The zero-order valence-electron chi connectivity index (χ0n) is 17.4. The zero-order chi connectivity index (χ0) is 22.3. The lowest BCUT2D eigenvalue weighted by molar-refractivity contribution is -0.136. The second kappa shape index (κ2) is 9.95. The number of nitrogens with zero attached hydrogens (tertiary/aromatic N) is 1. The molecular weight excluding hydrogens is 412 g/mol. The van der Waals surface area contributed by atoms with E-state index in [1.165, 1.54) is 12.6 Å². The van der Waals surface area contributed by atoms with E-state index in [9.17, 15) is 14.4 Å². The number of rotatable bonds is 5. The molecule has 0 saturated heterocycles. The fourth-order valence-electron chi connectivity index (χ4n) is 3.69. The van der Waals surface area contributed by atoms with Crippen LogP contribution in [-0.4, -0.2) is 36.8 Å². The Balaban J connectivity index is 1.34. The first-order chi connectivity index (χ1) is 15.6. The highest BCUT2D eigenvalue weighted by Crippen LogP contribution is 2.32. The number of amides is 3. The van der Waals surface area contributed by atoms with Gasteiger partial charge in [-0.3, -0.25) is 14.4 Å². The number of para-hydroxylation sites is 1. The molecule has 1 aliphatic heterocycles. The zero-order valence-corrected chi connectivity index (χ0v) is 17.4. The van der Waals surface area contributed by atoms with Crippen LogP contribution in [0.15, 0.2) is 47.6 Å². The van der Waals surface area contributed by atoms with Gasteiger partial charge in [-0.1, -0.05) is 31.4 Å². The molecule has 0 aromatic heterocycles. The fourth-order valence-corrected chi connectivity index (χ4v) is 3.69. The Morgan fingerprint density at radius 3 is 2.56 bits per heavy atom. The van der Waals surface area contributed by atoms with Crippen LogP contribution in [0.3, 0.4) is 0 Å². The number of nitrogens with one attached hydrogen (secondary N) is 3. The maximum atomic E-state index is 12.7. The summed E-state index contributed by atoms with van der Waals surface area (Å²) in [6.45, 7) is 0.160. The first kappa shape index (κ1) is 21.4. The SMILES string of the molecule is O=C(N/N=C\c1ccc2c(c1)OCO2)C(=O)Nc1ccccc1C(=O)NC1CCCCC1. The van der Waals surface area contributed by atoms with Crippen LogP contribution in [0.1, 0.15) is 48.0 Å². The lowest BCUT2D eigenvalue weighted by atomic mass is 9.95. The van der Waals surface area contributed by atoms with E-state index in [2.05, 4.69) is 21.2 Å². The lowest BCUT2D eigenvalue weighted by Gasteiger charge is -2.23. The van der Waals surface area contributed by atoms with Gasteiger partial charge < -0.3 is 20.1 Å². The van der Waals surface area contributed by atoms with Gasteiger partial charge in [-0.15, -0.1) is 0 Å². The highest BCUT2D eigenvalue weighted by atomic mass is 16.7. The van der Waals surface area contributed by atoms with E-state index in [0.717, 1.165) is 25.7 Å². The summed E-state index contributed by atoms with van der Waals surface area (Å²) in [6, 6.07) is 11.9. The Kier molecular flexibility index (Phi) is 6.64. The van der Waals surface area contributed by atoms with Crippen LogP contribution in [-0.2, 0) is 9.59 Å². The van der Waals surface area contributed by atoms with Crippen LogP contribution in [0.2, 0.25) is 0 Å². The highest BCUT2D eigenvalue weighted by molar-refractivity contribution is 6.40. The van der Waals surface area contributed by atoms with Crippen molar-refractivity contribution in [3.63, 3.8) is 0 Å². The van der Waals surface area contributed by atoms with Crippen LogP contribution < -0.4 is 25.5 Å². The third kappa shape index (κ3) is 5.23. The Bertz CT molecular complexity index is 1050.